The van der Waals surface area contributed by atoms with Crippen LogP contribution in [-0.4, -0.2) is 36.0 Å². The Balaban J connectivity index is 2.62. The number of amides is 1. The Bertz CT molecular complexity index is 148. The SMILES string of the molecule is CC(=O)N1[C@H](C)CNC[C@H]1C. The predicted octanol–water partition coefficient (Wildman–Crippen LogP) is 0.215. The number of hydrogen-bond acceptors (Lipinski definition) is 2. The molecule has 0 radical (unpaired) electrons. The Labute approximate surface area is 67.8 Å². The quantitative estimate of drug-likeness (QED) is 0.544. The number of nitrogens with zero attached hydrogens (tertiary/aromatic N) is 1. The zero-order chi connectivity index (χ0) is 8.43. The number of carbonyl (C=O) groups is 1. The summed E-state index contributed by atoms with van der Waals surface area (Å²) in [6.45, 7) is 7.63. The molecule has 3 heteroatoms. The number of rotatable bonds is 0. The van der Waals surface area contributed by atoms with E-state index >= 15 is 0 Å². The highest BCUT2D eigenvalue weighted by atomic mass is 16.2. The van der Waals surface area contributed by atoms with Crippen LogP contribution in [0.3, 0.4) is 0 Å². The number of nitrogens with one attached hydrogen (secondary N) is 1. The van der Waals surface area contributed by atoms with Crippen LogP contribution >= 0.6 is 0 Å². The molecule has 1 N–H and O–H groups in total. The third-order valence-corrected chi connectivity index (χ3v) is 2.19. The van der Waals surface area contributed by atoms with Crippen molar-refractivity contribution < 1.29 is 4.79 Å². The number of piperazine rings is 1. The molecule has 1 rings (SSSR count). The third kappa shape index (κ3) is 1.71. The third-order valence-electron chi connectivity index (χ3n) is 2.19. The van der Waals surface area contributed by atoms with Gasteiger partial charge in [-0.2, -0.15) is 0 Å². The molecule has 0 saturated carbocycles. The molecule has 0 bridgehead atoms. The van der Waals surface area contributed by atoms with Crippen LogP contribution < -0.4 is 5.32 Å². The second-order valence-corrected chi connectivity index (χ2v) is 3.28. The standard InChI is InChI=1S/C8H16N2O/c1-6-4-9-5-7(2)10(6)8(3)11/h6-7,9H,4-5H2,1-3H3/t6-,7-/m1/s1. The van der Waals surface area contributed by atoms with Gasteiger partial charge in [-0.15, -0.1) is 0 Å². The van der Waals surface area contributed by atoms with Crippen LogP contribution in [-0.2, 0) is 4.79 Å². The maximum Gasteiger partial charge on any atom is 0.220 e. The van der Waals surface area contributed by atoms with Crippen molar-refractivity contribution in [1.29, 1.82) is 0 Å². The lowest BCUT2D eigenvalue weighted by Crippen LogP contribution is -2.56. The van der Waals surface area contributed by atoms with E-state index in [1.165, 1.54) is 0 Å². The summed E-state index contributed by atoms with van der Waals surface area (Å²) < 4.78 is 0. The minimum Gasteiger partial charge on any atom is -0.335 e. The first kappa shape index (κ1) is 8.53. The number of hydrogen-bond donors (Lipinski definition) is 1. The van der Waals surface area contributed by atoms with Crippen molar-refractivity contribution in [3.05, 3.63) is 0 Å². The zero-order valence-corrected chi connectivity index (χ0v) is 7.42. The molecule has 1 amide bonds. The van der Waals surface area contributed by atoms with Crippen molar-refractivity contribution in [2.24, 2.45) is 0 Å². The van der Waals surface area contributed by atoms with Gasteiger partial charge in [0.1, 0.15) is 0 Å². The molecule has 0 aromatic carbocycles. The maximum absolute atomic E-state index is 11.1. The van der Waals surface area contributed by atoms with Gasteiger partial charge in [0.2, 0.25) is 5.91 Å². The van der Waals surface area contributed by atoms with Crippen molar-refractivity contribution in [3.63, 3.8) is 0 Å². The van der Waals surface area contributed by atoms with Crippen LogP contribution in [0.5, 0.6) is 0 Å². The average molecular weight is 156 g/mol. The monoisotopic (exact) mass is 156 g/mol. The van der Waals surface area contributed by atoms with Gasteiger partial charge in [0, 0.05) is 32.1 Å². The molecule has 0 aromatic heterocycles. The van der Waals surface area contributed by atoms with E-state index in [2.05, 4.69) is 19.2 Å². The second kappa shape index (κ2) is 3.22. The summed E-state index contributed by atoms with van der Waals surface area (Å²) >= 11 is 0. The van der Waals surface area contributed by atoms with Crippen LogP contribution in [0.2, 0.25) is 0 Å². The van der Waals surface area contributed by atoms with Gasteiger partial charge >= 0.3 is 0 Å². The Morgan fingerprint density at radius 2 is 1.82 bits per heavy atom. The van der Waals surface area contributed by atoms with E-state index in [-0.39, 0.29) is 5.91 Å². The van der Waals surface area contributed by atoms with E-state index in [0.29, 0.717) is 12.1 Å². The van der Waals surface area contributed by atoms with Crippen molar-refractivity contribution in [2.75, 3.05) is 13.1 Å². The van der Waals surface area contributed by atoms with E-state index in [9.17, 15) is 4.79 Å². The smallest absolute Gasteiger partial charge is 0.220 e. The Hall–Kier alpha value is -0.570. The summed E-state index contributed by atoms with van der Waals surface area (Å²) in [6.07, 6.45) is 0. The lowest BCUT2D eigenvalue weighted by Gasteiger charge is -2.38. The average Bonchev–Trinajstić information content (AvgIpc) is 1.85. The van der Waals surface area contributed by atoms with Gasteiger partial charge in [0.05, 0.1) is 0 Å². The molecule has 1 fully saturated rings. The van der Waals surface area contributed by atoms with Gasteiger partial charge in [-0.05, 0) is 13.8 Å². The van der Waals surface area contributed by atoms with Gasteiger partial charge in [-0.1, -0.05) is 0 Å². The van der Waals surface area contributed by atoms with E-state index in [4.69, 9.17) is 0 Å². The summed E-state index contributed by atoms with van der Waals surface area (Å²) in [4.78, 5) is 13.1. The normalized spacial score (nSPS) is 32.1. The molecule has 1 saturated heterocycles. The molecule has 64 valence electrons. The van der Waals surface area contributed by atoms with Crippen molar-refractivity contribution in [2.45, 2.75) is 32.9 Å². The summed E-state index contributed by atoms with van der Waals surface area (Å²) in [5.74, 6) is 0.187. The van der Waals surface area contributed by atoms with E-state index in [1.807, 2.05) is 4.90 Å². The molecule has 2 atom stereocenters. The first-order chi connectivity index (χ1) is 5.13. The van der Waals surface area contributed by atoms with Gasteiger partial charge in [0.15, 0.2) is 0 Å². The molecule has 1 heterocycles. The highest BCUT2D eigenvalue weighted by molar-refractivity contribution is 5.74. The largest absolute Gasteiger partial charge is 0.335 e. The highest BCUT2D eigenvalue weighted by Crippen LogP contribution is 2.08. The van der Waals surface area contributed by atoms with Crippen LogP contribution in [0.1, 0.15) is 20.8 Å². The summed E-state index contributed by atoms with van der Waals surface area (Å²) in [7, 11) is 0. The van der Waals surface area contributed by atoms with Gasteiger partial charge in [-0.25, -0.2) is 0 Å². The lowest BCUT2D eigenvalue weighted by molar-refractivity contribution is -0.134. The molecular weight excluding hydrogens is 140 g/mol. The molecule has 0 aliphatic carbocycles. The maximum atomic E-state index is 11.1. The minimum absolute atomic E-state index is 0.187. The predicted molar refractivity (Wildman–Crippen MR) is 44.3 cm³/mol. The number of carbonyl (C=O) groups excluding carboxylic acids is 1. The summed E-state index contributed by atoms with van der Waals surface area (Å²) in [5, 5.41) is 3.28. The Kier molecular flexibility index (Phi) is 2.49. The van der Waals surface area contributed by atoms with E-state index < -0.39 is 0 Å². The fraction of sp³-hybridized carbons (Fsp3) is 0.875. The van der Waals surface area contributed by atoms with Gasteiger partial charge in [-0.3, -0.25) is 4.79 Å². The highest BCUT2D eigenvalue weighted by Gasteiger charge is 2.25. The van der Waals surface area contributed by atoms with Gasteiger partial charge < -0.3 is 10.2 Å². The van der Waals surface area contributed by atoms with Crippen LogP contribution in [0.15, 0.2) is 0 Å². The molecule has 1 aliphatic heterocycles. The van der Waals surface area contributed by atoms with Crippen LogP contribution in [0.25, 0.3) is 0 Å². The van der Waals surface area contributed by atoms with Crippen molar-refractivity contribution in [1.82, 2.24) is 10.2 Å². The molecule has 1 aliphatic rings. The van der Waals surface area contributed by atoms with Crippen LogP contribution in [0, 0.1) is 0 Å². The first-order valence-electron chi connectivity index (χ1n) is 4.12. The fourth-order valence-corrected chi connectivity index (χ4v) is 1.75. The van der Waals surface area contributed by atoms with E-state index in [1.54, 1.807) is 6.92 Å². The second-order valence-electron chi connectivity index (χ2n) is 3.28. The fourth-order valence-electron chi connectivity index (χ4n) is 1.75. The molecule has 0 aromatic rings. The minimum atomic E-state index is 0.187. The summed E-state index contributed by atoms with van der Waals surface area (Å²) in [6, 6.07) is 0.687. The van der Waals surface area contributed by atoms with Gasteiger partial charge in [0.25, 0.3) is 0 Å². The van der Waals surface area contributed by atoms with Crippen molar-refractivity contribution in [3.8, 4) is 0 Å². The first-order valence-corrected chi connectivity index (χ1v) is 4.12. The Morgan fingerprint density at radius 3 is 2.09 bits per heavy atom. The van der Waals surface area contributed by atoms with Crippen LogP contribution in [0.4, 0.5) is 0 Å². The molecule has 0 unspecified atom stereocenters. The Morgan fingerprint density at radius 1 is 1.36 bits per heavy atom. The lowest BCUT2D eigenvalue weighted by atomic mass is 10.1. The molecule has 0 spiro atoms. The summed E-state index contributed by atoms with van der Waals surface area (Å²) in [5.41, 5.74) is 0. The molecule has 3 nitrogen and oxygen atoms in total. The molecular formula is C8H16N2O. The zero-order valence-electron chi connectivity index (χ0n) is 7.42. The molecule has 11 heavy (non-hydrogen) atoms. The van der Waals surface area contributed by atoms with Crippen molar-refractivity contribution >= 4 is 5.91 Å². The topological polar surface area (TPSA) is 32.3 Å². The van der Waals surface area contributed by atoms with E-state index in [0.717, 1.165) is 13.1 Å².